The van der Waals surface area contributed by atoms with Crippen LogP contribution in [0.4, 0.5) is 20.4 Å². The topological polar surface area (TPSA) is 178 Å². The van der Waals surface area contributed by atoms with Crippen molar-refractivity contribution in [1.29, 1.82) is 0 Å². The first-order valence-corrected chi connectivity index (χ1v) is 29.6. The van der Waals surface area contributed by atoms with Crippen LogP contribution in [-0.4, -0.2) is 129 Å². The number of hydrogen-bond acceptors (Lipinski definition) is 15. The number of rotatable bonds is 16. The number of pyridine rings is 1. The lowest BCUT2D eigenvalue weighted by molar-refractivity contribution is -0.141. The fourth-order valence-electron chi connectivity index (χ4n) is 13.3. The van der Waals surface area contributed by atoms with Gasteiger partial charge in [0, 0.05) is 74.6 Å². The number of ether oxygens (including phenoxy) is 1. The van der Waals surface area contributed by atoms with Crippen molar-refractivity contribution in [2.75, 3.05) is 68.8 Å². The number of benzene rings is 3. The number of likely N-dealkylation sites (tertiary alicyclic amines) is 2. The summed E-state index contributed by atoms with van der Waals surface area (Å²) < 4.78 is 44.3. The molecule has 422 valence electrons. The third-order valence-corrected chi connectivity index (χ3v) is 18.7. The molecule has 5 aliphatic heterocycles. The molecule has 5 fully saturated rings. The maximum absolute atomic E-state index is 17.0. The Balaban J connectivity index is 0.631. The van der Waals surface area contributed by atoms with E-state index in [-0.39, 0.29) is 69.3 Å². The average molecular weight is 1120 g/mol. The number of thiazole rings is 1. The number of aromatic hydroxyl groups is 1. The van der Waals surface area contributed by atoms with E-state index in [1.165, 1.54) is 30.7 Å². The molecule has 19 heteroatoms. The summed E-state index contributed by atoms with van der Waals surface area (Å²) in [6.45, 7) is 14.7. The first kappa shape index (κ1) is 54.3. The minimum Gasteiger partial charge on any atom is -0.508 e. The monoisotopic (exact) mass is 1120 g/mol. The summed E-state index contributed by atoms with van der Waals surface area (Å²) in [4.78, 5) is 56.4. The zero-order chi connectivity index (χ0) is 56.1. The highest BCUT2D eigenvalue weighted by molar-refractivity contribution is 7.13. The minimum absolute atomic E-state index is 0.0251. The Labute approximate surface area is 474 Å². The van der Waals surface area contributed by atoms with Crippen molar-refractivity contribution in [3.05, 3.63) is 101 Å². The normalized spacial score (nSPS) is 20.7. The maximum Gasteiger partial charge on any atom is 0.319 e. The molecule has 0 aliphatic carbocycles. The highest BCUT2D eigenvalue weighted by Gasteiger charge is 2.42. The van der Waals surface area contributed by atoms with Gasteiger partial charge in [-0.15, -0.1) is 17.8 Å². The van der Waals surface area contributed by atoms with E-state index >= 15 is 8.78 Å². The maximum atomic E-state index is 17.0. The molecule has 4 aromatic heterocycles. The zero-order valence-electron chi connectivity index (χ0n) is 46.3. The molecule has 3 N–H and O–H groups in total. The van der Waals surface area contributed by atoms with Crippen LogP contribution >= 0.6 is 11.3 Å². The minimum atomic E-state index is -0.741. The number of halogens is 2. The van der Waals surface area contributed by atoms with Gasteiger partial charge >= 0.3 is 6.01 Å². The van der Waals surface area contributed by atoms with Crippen molar-refractivity contribution >= 4 is 56.5 Å². The number of carbonyl (C=O) groups is 2. The summed E-state index contributed by atoms with van der Waals surface area (Å²) >= 11 is 1.61. The predicted molar refractivity (Wildman–Crippen MR) is 309 cm³/mol. The van der Waals surface area contributed by atoms with E-state index in [4.69, 9.17) is 20.7 Å². The molecule has 0 unspecified atom stereocenters. The van der Waals surface area contributed by atoms with Gasteiger partial charge in [-0.1, -0.05) is 55.3 Å². The average Bonchev–Trinajstić information content (AvgIpc) is 4.56. The number of fused-ring (bicyclic) bond motifs is 4. The SMILES string of the molecule is C#Cc1c(F)ccc2cc(O)cc(-c3ncc4c(N5C[C@@H]6C[C@H]5CN6)nc(OCCN5CCC(CC6CCN(c7cc([C@H](C(=O)N8CCC[C@H]8C(=O)N[C@@H](C)c8ccc(-c9scnc9C)cc8)C(C)C)on7)CC6)CC5)nc4c3F)c12. The number of hydrogen-bond donors (Lipinski definition) is 3. The van der Waals surface area contributed by atoms with Crippen LogP contribution < -0.4 is 25.2 Å². The largest absolute Gasteiger partial charge is 0.508 e. The van der Waals surface area contributed by atoms with Gasteiger partial charge in [0.15, 0.2) is 17.4 Å². The number of nitrogens with zero attached hydrogens (tertiary/aromatic N) is 9. The molecule has 9 heterocycles. The number of carbonyl (C=O) groups excluding carboxylic acids is 2. The Morgan fingerprint density at radius 2 is 1.75 bits per heavy atom. The molecule has 5 atom stereocenters. The van der Waals surface area contributed by atoms with Gasteiger partial charge in [-0.2, -0.15) is 9.97 Å². The van der Waals surface area contributed by atoms with Gasteiger partial charge in [0.05, 0.1) is 33.1 Å². The summed E-state index contributed by atoms with van der Waals surface area (Å²) in [5.74, 6) is 3.13. The molecule has 7 aromatic rings. The fourth-order valence-corrected chi connectivity index (χ4v) is 14.1. The Morgan fingerprint density at radius 1 is 0.975 bits per heavy atom. The van der Waals surface area contributed by atoms with Crippen LogP contribution in [0.5, 0.6) is 11.8 Å². The number of aryl methyl sites for hydroxylation is 1. The second-order valence-corrected chi connectivity index (χ2v) is 24.1. The molecule has 0 radical (unpaired) electrons. The van der Waals surface area contributed by atoms with Gasteiger partial charge < -0.3 is 39.7 Å². The van der Waals surface area contributed by atoms with E-state index in [9.17, 15) is 14.7 Å². The molecular weight excluding hydrogens is 1050 g/mol. The van der Waals surface area contributed by atoms with E-state index in [1.807, 2.05) is 51.4 Å². The van der Waals surface area contributed by atoms with Gasteiger partial charge in [-0.05, 0) is 131 Å². The number of phenols is 1. The number of nitrogens with one attached hydrogen (secondary N) is 2. The van der Waals surface area contributed by atoms with Crippen LogP contribution in [0.2, 0.25) is 0 Å². The van der Waals surface area contributed by atoms with Gasteiger partial charge in [0.1, 0.15) is 47.2 Å². The summed E-state index contributed by atoms with van der Waals surface area (Å²) in [6, 6.07) is 15.5. The van der Waals surface area contributed by atoms with Gasteiger partial charge in [-0.3, -0.25) is 19.5 Å². The second kappa shape index (κ2) is 22.9. The summed E-state index contributed by atoms with van der Waals surface area (Å²) in [5, 5.41) is 23.1. The second-order valence-electron chi connectivity index (χ2n) is 23.2. The van der Waals surface area contributed by atoms with Crippen molar-refractivity contribution in [3.8, 4) is 45.8 Å². The number of piperazine rings is 1. The van der Waals surface area contributed by atoms with Crippen LogP contribution in [0.15, 0.2) is 70.8 Å². The summed E-state index contributed by atoms with van der Waals surface area (Å²) in [5.41, 5.74) is 4.98. The Bertz CT molecular complexity index is 3510. The van der Waals surface area contributed by atoms with Crippen molar-refractivity contribution in [3.63, 3.8) is 0 Å². The predicted octanol–water partition coefficient (Wildman–Crippen LogP) is 9.79. The summed E-state index contributed by atoms with van der Waals surface area (Å²) in [6.07, 6.45) is 15.1. The van der Waals surface area contributed by atoms with Gasteiger partial charge in [0.2, 0.25) is 11.8 Å². The van der Waals surface area contributed by atoms with Crippen molar-refractivity contribution in [1.82, 2.24) is 45.5 Å². The number of aromatic nitrogens is 5. The van der Waals surface area contributed by atoms with E-state index in [2.05, 4.69) is 63.5 Å². The molecule has 3 aromatic carbocycles. The lowest BCUT2D eigenvalue weighted by atomic mass is 9.83. The lowest BCUT2D eigenvalue weighted by Crippen LogP contribution is -2.48. The molecule has 5 aliphatic rings. The van der Waals surface area contributed by atoms with Gasteiger partial charge in [0.25, 0.3) is 0 Å². The van der Waals surface area contributed by atoms with Crippen LogP contribution in [0.1, 0.15) is 107 Å². The summed E-state index contributed by atoms with van der Waals surface area (Å²) in [7, 11) is 0. The molecule has 0 saturated carbocycles. The molecule has 81 heavy (non-hydrogen) atoms. The molecule has 0 spiro atoms. The number of terminal acetylenes is 1. The molecule has 5 saturated heterocycles. The smallest absolute Gasteiger partial charge is 0.319 e. The third kappa shape index (κ3) is 10.9. The number of amides is 2. The molecule has 16 nitrogen and oxygen atoms in total. The van der Waals surface area contributed by atoms with E-state index in [0.717, 1.165) is 98.8 Å². The van der Waals surface area contributed by atoms with Crippen molar-refractivity contribution in [2.45, 2.75) is 109 Å². The van der Waals surface area contributed by atoms with E-state index in [0.29, 0.717) is 72.9 Å². The van der Waals surface area contributed by atoms with E-state index in [1.54, 1.807) is 22.4 Å². The third-order valence-electron chi connectivity index (χ3n) is 17.7. The quantitative estimate of drug-likeness (QED) is 0.0779. The Kier molecular flexibility index (Phi) is 15.4. The lowest BCUT2D eigenvalue weighted by Gasteiger charge is -2.36. The number of phenolic OH excluding ortho intramolecular Hbond substituents is 1. The number of piperidine rings is 2. The highest BCUT2D eigenvalue weighted by atomic mass is 32.1. The first-order chi connectivity index (χ1) is 39.3. The van der Waals surface area contributed by atoms with Gasteiger partial charge in [-0.25, -0.2) is 13.8 Å². The molecule has 2 amide bonds. The van der Waals surface area contributed by atoms with E-state index < -0.39 is 23.6 Å². The molecule has 12 rings (SSSR count). The van der Waals surface area contributed by atoms with Crippen molar-refractivity contribution in [2.24, 2.45) is 17.8 Å². The first-order valence-electron chi connectivity index (χ1n) is 28.7. The zero-order valence-corrected chi connectivity index (χ0v) is 47.2. The fraction of sp³-hybridized carbons (Fsp3) is 0.468. The van der Waals surface area contributed by atoms with Crippen LogP contribution in [-0.2, 0) is 9.59 Å². The molecular formula is C62H69F2N11O5S. The Hall–Kier alpha value is -7.27. The number of anilines is 2. The molecule has 2 bridgehead atoms. The Morgan fingerprint density at radius 3 is 2.46 bits per heavy atom. The van der Waals surface area contributed by atoms with Crippen LogP contribution in [0, 0.1) is 48.7 Å². The van der Waals surface area contributed by atoms with Crippen LogP contribution in [0.3, 0.4) is 0 Å². The standard InChI is InChI=1S/C62H69F2N11O5S/c1-6-46-49(63)14-13-42-27-45(76)29-47(54(42)46)56-55(64)57-48(32-66-56)59(75-33-43-28-44(75)31-65-43)70-62(69-57)79-25-24-72-20-15-38(16-21-72)26-39-17-22-73(23-18-39)52-30-51(80-71-52)53(35(2)3)61(78)74-19-7-8-50(74)60(77)68-36(4)40-9-11-41(12-10-40)58-37(5)67-34-81-58/h1,9-14,27,29-30,32,34-36,38-39,43-44,50,53,65,76H,7-8,15-26,28,31,33H2,2-5H3,(H,68,77)/t36-,43-,44-,50-,53+/m0/s1. The van der Waals surface area contributed by atoms with Crippen molar-refractivity contribution < 1.29 is 32.7 Å². The highest BCUT2D eigenvalue weighted by Crippen LogP contribution is 2.41. The van der Waals surface area contributed by atoms with Crippen LogP contribution in [0.25, 0.3) is 43.4 Å².